The molecular formula is C17H19NO2. The number of nitrogens with zero attached hydrogens (tertiary/aromatic N) is 1. The molecule has 20 heavy (non-hydrogen) atoms. The maximum Gasteiger partial charge on any atom is 0.0946 e. The van der Waals surface area contributed by atoms with Crippen molar-refractivity contribution in [2.24, 2.45) is 0 Å². The lowest BCUT2D eigenvalue weighted by molar-refractivity contribution is -0.115. The van der Waals surface area contributed by atoms with Crippen LogP contribution in [0, 0.1) is 11.3 Å². The molecule has 1 N–H and O–H groups in total. The van der Waals surface area contributed by atoms with Gasteiger partial charge in [-0.1, -0.05) is 24.3 Å². The molecule has 104 valence electrons. The summed E-state index contributed by atoms with van der Waals surface area (Å²) in [6.45, 7) is 0. The molecule has 0 aromatic heterocycles. The third-order valence-electron chi connectivity index (χ3n) is 5.24. The zero-order chi connectivity index (χ0) is 13.8. The van der Waals surface area contributed by atoms with Crippen LogP contribution in [0.3, 0.4) is 0 Å². The summed E-state index contributed by atoms with van der Waals surface area (Å²) in [6, 6.07) is 10.5. The Morgan fingerprint density at radius 3 is 2.40 bits per heavy atom. The van der Waals surface area contributed by atoms with Crippen LogP contribution in [-0.2, 0) is 15.8 Å². The quantitative estimate of drug-likeness (QED) is 0.898. The number of hydrogen-bond donors (Lipinski definition) is 1. The van der Waals surface area contributed by atoms with Crippen molar-refractivity contribution in [3.8, 4) is 6.07 Å². The molecule has 2 bridgehead atoms. The lowest BCUT2D eigenvalue weighted by Gasteiger charge is -2.37. The summed E-state index contributed by atoms with van der Waals surface area (Å²) in [4.78, 5) is 0. The Hall–Kier alpha value is -1.37. The van der Waals surface area contributed by atoms with Crippen LogP contribution >= 0.6 is 0 Å². The maximum absolute atomic E-state index is 11.0. The van der Waals surface area contributed by atoms with Crippen LogP contribution in [0.5, 0.6) is 0 Å². The topological polar surface area (TPSA) is 53.2 Å². The fourth-order valence-electron chi connectivity index (χ4n) is 3.85. The zero-order valence-corrected chi connectivity index (χ0v) is 11.5. The molecule has 2 saturated heterocycles. The van der Waals surface area contributed by atoms with Crippen molar-refractivity contribution in [2.75, 3.05) is 0 Å². The van der Waals surface area contributed by atoms with Gasteiger partial charge in [0.15, 0.2) is 0 Å². The fourth-order valence-corrected chi connectivity index (χ4v) is 3.85. The minimum absolute atomic E-state index is 0.202. The van der Waals surface area contributed by atoms with Crippen molar-refractivity contribution < 1.29 is 9.84 Å². The minimum atomic E-state index is -0.772. The van der Waals surface area contributed by atoms with Crippen molar-refractivity contribution in [1.29, 1.82) is 5.26 Å². The molecule has 4 rings (SSSR count). The van der Waals surface area contributed by atoms with Gasteiger partial charge >= 0.3 is 0 Å². The highest BCUT2D eigenvalue weighted by Crippen LogP contribution is 2.49. The predicted octanol–water partition coefficient (Wildman–Crippen LogP) is 2.77. The summed E-state index contributed by atoms with van der Waals surface area (Å²) in [5.74, 6) is 0. The third-order valence-corrected chi connectivity index (χ3v) is 5.24. The monoisotopic (exact) mass is 269 g/mol. The van der Waals surface area contributed by atoms with Crippen molar-refractivity contribution in [2.45, 2.75) is 61.7 Å². The van der Waals surface area contributed by atoms with E-state index in [-0.39, 0.29) is 17.6 Å². The van der Waals surface area contributed by atoms with E-state index in [0.29, 0.717) is 12.8 Å². The van der Waals surface area contributed by atoms with Crippen LogP contribution in [0.1, 0.15) is 49.7 Å². The van der Waals surface area contributed by atoms with E-state index in [1.165, 1.54) is 0 Å². The number of benzene rings is 1. The zero-order valence-electron chi connectivity index (χ0n) is 11.5. The van der Waals surface area contributed by atoms with Gasteiger partial charge in [0.25, 0.3) is 0 Å². The van der Waals surface area contributed by atoms with Gasteiger partial charge in [0.05, 0.1) is 29.3 Å². The molecule has 3 aliphatic rings. The highest BCUT2D eigenvalue weighted by atomic mass is 16.5. The van der Waals surface area contributed by atoms with Crippen LogP contribution in [0.2, 0.25) is 0 Å². The highest BCUT2D eigenvalue weighted by Gasteiger charge is 2.47. The molecule has 1 saturated carbocycles. The molecule has 1 aromatic carbocycles. The number of nitriles is 1. The summed E-state index contributed by atoms with van der Waals surface area (Å²) in [7, 11) is 0. The Kier molecular flexibility index (Phi) is 2.52. The summed E-state index contributed by atoms with van der Waals surface area (Å²) >= 11 is 0. The first-order valence-corrected chi connectivity index (χ1v) is 7.54. The first-order chi connectivity index (χ1) is 9.63. The molecule has 2 atom stereocenters. The van der Waals surface area contributed by atoms with Crippen LogP contribution in [-0.4, -0.2) is 17.3 Å². The van der Waals surface area contributed by atoms with Gasteiger partial charge in [0, 0.05) is 12.8 Å². The lowest BCUT2D eigenvalue weighted by Crippen LogP contribution is -2.38. The van der Waals surface area contributed by atoms with Gasteiger partial charge in [-0.25, -0.2) is 0 Å². The maximum atomic E-state index is 11.0. The lowest BCUT2D eigenvalue weighted by atomic mass is 9.81. The van der Waals surface area contributed by atoms with E-state index in [4.69, 9.17) is 4.74 Å². The fraction of sp³-hybridized carbons (Fsp3) is 0.588. The Morgan fingerprint density at radius 2 is 1.80 bits per heavy atom. The van der Waals surface area contributed by atoms with E-state index in [1.807, 2.05) is 18.2 Å². The summed E-state index contributed by atoms with van der Waals surface area (Å²) in [5, 5.41) is 20.4. The highest BCUT2D eigenvalue weighted by molar-refractivity contribution is 5.42. The Balaban J connectivity index is 1.69. The standard InChI is InChI=1S/C17H19NO2/c18-11-16(6-7-16)12-2-1-3-13(8-12)17(19)9-14-4-5-15(10-17)20-14/h1-3,8,14-15,19H,4-7,9-10H2. The second-order valence-electron chi connectivity index (χ2n) is 6.67. The smallest absolute Gasteiger partial charge is 0.0946 e. The van der Waals surface area contributed by atoms with Gasteiger partial charge in [0.2, 0.25) is 0 Å². The molecule has 3 heteroatoms. The second kappa shape index (κ2) is 4.07. The average molecular weight is 269 g/mol. The van der Waals surface area contributed by atoms with Crippen LogP contribution in [0.4, 0.5) is 0 Å². The predicted molar refractivity (Wildman–Crippen MR) is 74.0 cm³/mol. The SMILES string of the molecule is N#CC1(c2cccc(C3(O)CC4CCC(C3)O4)c2)CC1. The number of rotatable bonds is 2. The third kappa shape index (κ3) is 1.79. The largest absolute Gasteiger partial charge is 0.385 e. The van der Waals surface area contributed by atoms with Crippen LogP contribution in [0.15, 0.2) is 24.3 Å². The molecule has 0 spiro atoms. The number of fused-ring (bicyclic) bond motifs is 2. The van der Waals surface area contributed by atoms with E-state index in [0.717, 1.165) is 36.8 Å². The van der Waals surface area contributed by atoms with Gasteiger partial charge < -0.3 is 9.84 Å². The van der Waals surface area contributed by atoms with Gasteiger partial charge in [-0.2, -0.15) is 5.26 Å². The van der Waals surface area contributed by atoms with Crippen molar-refractivity contribution in [3.05, 3.63) is 35.4 Å². The number of ether oxygens (including phenoxy) is 1. The van der Waals surface area contributed by atoms with Crippen LogP contribution in [0.25, 0.3) is 0 Å². The van der Waals surface area contributed by atoms with E-state index >= 15 is 0 Å². The molecule has 2 unspecified atom stereocenters. The number of hydrogen-bond acceptors (Lipinski definition) is 3. The van der Waals surface area contributed by atoms with Crippen molar-refractivity contribution in [3.63, 3.8) is 0 Å². The normalized spacial score (nSPS) is 37.4. The Morgan fingerprint density at radius 1 is 1.15 bits per heavy atom. The van der Waals surface area contributed by atoms with E-state index in [9.17, 15) is 10.4 Å². The molecular weight excluding hydrogens is 250 g/mol. The second-order valence-corrected chi connectivity index (χ2v) is 6.67. The van der Waals surface area contributed by atoms with Gasteiger partial charge in [0.1, 0.15) is 0 Å². The Labute approximate surface area is 119 Å². The minimum Gasteiger partial charge on any atom is -0.385 e. The Bertz CT molecular complexity index is 573. The molecule has 3 fully saturated rings. The molecule has 1 aromatic rings. The molecule has 2 heterocycles. The summed E-state index contributed by atoms with van der Waals surface area (Å²) in [5.41, 5.74) is 0.990. The summed E-state index contributed by atoms with van der Waals surface area (Å²) in [6.07, 6.45) is 5.80. The average Bonchev–Trinajstić information content (AvgIpc) is 3.19. The van der Waals surface area contributed by atoms with Gasteiger partial charge in [-0.15, -0.1) is 0 Å². The first-order valence-electron chi connectivity index (χ1n) is 7.54. The van der Waals surface area contributed by atoms with Crippen molar-refractivity contribution in [1.82, 2.24) is 0 Å². The number of aliphatic hydroxyl groups is 1. The van der Waals surface area contributed by atoms with E-state index in [2.05, 4.69) is 12.1 Å². The first kappa shape index (κ1) is 12.4. The molecule has 1 aliphatic carbocycles. The molecule has 0 radical (unpaired) electrons. The van der Waals surface area contributed by atoms with Gasteiger partial charge in [-0.05, 0) is 36.8 Å². The van der Waals surface area contributed by atoms with E-state index in [1.54, 1.807) is 0 Å². The molecule has 2 aliphatic heterocycles. The van der Waals surface area contributed by atoms with Crippen molar-refractivity contribution >= 4 is 0 Å². The molecule has 3 nitrogen and oxygen atoms in total. The van der Waals surface area contributed by atoms with E-state index < -0.39 is 5.60 Å². The van der Waals surface area contributed by atoms with Crippen LogP contribution < -0.4 is 0 Å². The molecule has 0 amide bonds. The van der Waals surface area contributed by atoms with Gasteiger partial charge in [-0.3, -0.25) is 0 Å². The summed E-state index contributed by atoms with van der Waals surface area (Å²) < 4.78 is 5.83.